The van der Waals surface area contributed by atoms with E-state index in [-0.39, 0.29) is 30.2 Å². The number of nitrogens with one attached hydrogen (secondary N) is 3. The van der Waals surface area contributed by atoms with Crippen LogP contribution in [0.2, 0.25) is 0 Å². The van der Waals surface area contributed by atoms with Gasteiger partial charge in [0, 0.05) is 5.92 Å². The summed E-state index contributed by atoms with van der Waals surface area (Å²) >= 11 is 1.20. The van der Waals surface area contributed by atoms with Crippen LogP contribution in [0.25, 0.3) is 0 Å². The minimum absolute atomic E-state index is 0.00242. The van der Waals surface area contributed by atoms with Gasteiger partial charge in [0.1, 0.15) is 5.76 Å². The molecule has 0 spiro atoms. The summed E-state index contributed by atoms with van der Waals surface area (Å²) in [5.41, 5.74) is 0.762. The van der Waals surface area contributed by atoms with Gasteiger partial charge in [-0.2, -0.15) is 0 Å². The molecule has 1 aliphatic carbocycles. The van der Waals surface area contributed by atoms with E-state index in [2.05, 4.69) is 16.0 Å². The highest BCUT2D eigenvalue weighted by molar-refractivity contribution is 7.18. The largest absolute Gasteiger partial charge is 0.467 e. The van der Waals surface area contributed by atoms with E-state index in [4.69, 9.17) is 4.42 Å². The minimum atomic E-state index is -0.340. The summed E-state index contributed by atoms with van der Waals surface area (Å²) in [5.74, 6) is 0.0756. The van der Waals surface area contributed by atoms with Gasteiger partial charge in [0.15, 0.2) is 0 Å². The fourth-order valence-corrected chi connectivity index (χ4v) is 3.55. The van der Waals surface area contributed by atoms with E-state index in [1.165, 1.54) is 17.6 Å². The van der Waals surface area contributed by atoms with Crippen molar-refractivity contribution < 1.29 is 18.8 Å². The summed E-state index contributed by atoms with van der Waals surface area (Å²) in [6.45, 7) is 0.253. The zero-order valence-electron chi connectivity index (χ0n) is 15.4. The van der Waals surface area contributed by atoms with Gasteiger partial charge in [-0.15, -0.1) is 11.3 Å². The van der Waals surface area contributed by atoms with Crippen molar-refractivity contribution in [1.82, 2.24) is 5.32 Å². The number of anilines is 2. The molecular weight excluding hydrogens is 390 g/mol. The number of carbonyl (C=O) groups excluding carboxylic acids is 3. The van der Waals surface area contributed by atoms with Crippen molar-refractivity contribution in [2.24, 2.45) is 5.92 Å². The maximum atomic E-state index is 12.6. The molecule has 0 radical (unpaired) electrons. The predicted octanol–water partition coefficient (Wildman–Crippen LogP) is 3.87. The van der Waals surface area contributed by atoms with E-state index in [9.17, 15) is 14.4 Å². The van der Waals surface area contributed by atoms with E-state index in [0.29, 0.717) is 26.9 Å². The van der Waals surface area contributed by atoms with E-state index in [1.807, 2.05) is 0 Å². The first-order valence-electron chi connectivity index (χ1n) is 9.22. The number of furan rings is 1. The molecule has 0 bridgehead atoms. The molecule has 4 rings (SSSR count). The zero-order chi connectivity index (χ0) is 20.2. The number of para-hydroxylation sites is 1. The monoisotopic (exact) mass is 409 g/mol. The molecule has 148 valence electrons. The molecule has 0 aliphatic heterocycles. The molecule has 1 aliphatic rings. The smallest absolute Gasteiger partial charge is 0.265 e. The van der Waals surface area contributed by atoms with Gasteiger partial charge in [0.2, 0.25) is 5.91 Å². The average molecular weight is 409 g/mol. The maximum absolute atomic E-state index is 12.6. The van der Waals surface area contributed by atoms with Crippen LogP contribution in [0.15, 0.2) is 59.2 Å². The number of amides is 3. The van der Waals surface area contributed by atoms with Crippen LogP contribution in [0.5, 0.6) is 0 Å². The second-order valence-corrected chi connectivity index (χ2v) is 7.77. The molecule has 0 unspecified atom stereocenters. The second kappa shape index (κ2) is 8.32. The van der Waals surface area contributed by atoms with Gasteiger partial charge in [-0.05, 0) is 49.2 Å². The number of carbonyl (C=O) groups is 3. The summed E-state index contributed by atoms with van der Waals surface area (Å²) in [4.78, 5) is 37.4. The Hall–Kier alpha value is -3.39. The standard InChI is InChI=1S/C21H19N3O4S/c25-19(13-7-8-13)24-18-10-9-17(29-18)21(27)23-16-6-2-1-5-15(16)20(26)22-12-14-4-3-11-28-14/h1-6,9-11,13H,7-8,12H2,(H,22,26)(H,23,27)(H,24,25). The fourth-order valence-electron chi connectivity index (χ4n) is 2.75. The van der Waals surface area contributed by atoms with E-state index < -0.39 is 0 Å². The summed E-state index contributed by atoms with van der Waals surface area (Å²) < 4.78 is 5.21. The van der Waals surface area contributed by atoms with Gasteiger partial charge in [0.25, 0.3) is 11.8 Å². The molecule has 3 N–H and O–H groups in total. The lowest BCUT2D eigenvalue weighted by Gasteiger charge is -2.10. The molecule has 1 saturated carbocycles. The van der Waals surface area contributed by atoms with Gasteiger partial charge in [-0.3, -0.25) is 14.4 Å². The Kier molecular flexibility index (Phi) is 5.44. The highest BCUT2D eigenvalue weighted by Crippen LogP contribution is 2.31. The highest BCUT2D eigenvalue weighted by atomic mass is 32.1. The van der Waals surface area contributed by atoms with Crippen molar-refractivity contribution in [2.45, 2.75) is 19.4 Å². The molecule has 29 heavy (non-hydrogen) atoms. The van der Waals surface area contributed by atoms with Crippen LogP contribution in [0.3, 0.4) is 0 Å². The predicted molar refractivity (Wildman–Crippen MR) is 110 cm³/mol. The first kappa shape index (κ1) is 18.9. The highest BCUT2D eigenvalue weighted by Gasteiger charge is 2.30. The summed E-state index contributed by atoms with van der Waals surface area (Å²) in [7, 11) is 0. The third-order valence-electron chi connectivity index (χ3n) is 4.45. The molecule has 2 heterocycles. The summed E-state index contributed by atoms with van der Waals surface area (Å²) in [6, 6.07) is 13.7. The van der Waals surface area contributed by atoms with E-state index in [1.54, 1.807) is 48.5 Å². The van der Waals surface area contributed by atoms with Crippen LogP contribution in [0.1, 0.15) is 38.6 Å². The van der Waals surface area contributed by atoms with Crippen molar-refractivity contribution in [3.8, 4) is 0 Å². The Labute approximate surface area is 171 Å². The Bertz CT molecular complexity index is 1040. The van der Waals surface area contributed by atoms with Crippen molar-refractivity contribution in [2.75, 3.05) is 10.6 Å². The molecule has 3 amide bonds. The second-order valence-electron chi connectivity index (χ2n) is 6.69. The van der Waals surface area contributed by atoms with Gasteiger partial charge in [-0.25, -0.2) is 0 Å². The lowest BCUT2D eigenvalue weighted by atomic mass is 10.1. The Morgan fingerprint density at radius 2 is 1.79 bits per heavy atom. The lowest BCUT2D eigenvalue weighted by Crippen LogP contribution is -2.24. The van der Waals surface area contributed by atoms with Crippen molar-refractivity contribution >= 4 is 39.7 Å². The molecule has 0 atom stereocenters. The van der Waals surface area contributed by atoms with Crippen LogP contribution in [-0.2, 0) is 11.3 Å². The number of rotatable bonds is 7. The normalized spacial score (nSPS) is 13.0. The van der Waals surface area contributed by atoms with Crippen molar-refractivity contribution in [3.63, 3.8) is 0 Å². The number of hydrogen-bond acceptors (Lipinski definition) is 5. The van der Waals surface area contributed by atoms with Crippen molar-refractivity contribution in [1.29, 1.82) is 0 Å². The summed E-state index contributed by atoms with van der Waals surface area (Å²) in [6.07, 6.45) is 3.38. The van der Waals surface area contributed by atoms with Crippen LogP contribution in [-0.4, -0.2) is 17.7 Å². The Morgan fingerprint density at radius 1 is 0.966 bits per heavy atom. The first-order valence-corrected chi connectivity index (χ1v) is 10.0. The molecule has 1 fully saturated rings. The maximum Gasteiger partial charge on any atom is 0.265 e. The van der Waals surface area contributed by atoms with E-state index >= 15 is 0 Å². The molecule has 8 heteroatoms. The Morgan fingerprint density at radius 3 is 2.55 bits per heavy atom. The molecule has 2 aromatic heterocycles. The molecular formula is C21H19N3O4S. The van der Waals surface area contributed by atoms with E-state index in [0.717, 1.165) is 12.8 Å². The van der Waals surface area contributed by atoms with Crippen molar-refractivity contribution in [3.05, 3.63) is 71.0 Å². The third kappa shape index (κ3) is 4.72. The average Bonchev–Trinajstić information content (AvgIpc) is 3.25. The van der Waals surface area contributed by atoms with Crippen LogP contribution in [0.4, 0.5) is 10.7 Å². The summed E-state index contributed by atoms with van der Waals surface area (Å²) in [5, 5.41) is 9.01. The zero-order valence-corrected chi connectivity index (χ0v) is 16.3. The first-order chi connectivity index (χ1) is 14.1. The third-order valence-corrected chi connectivity index (χ3v) is 5.45. The quantitative estimate of drug-likeness (QED) is 0.551. The number of hydrogen-bond donors (Lipinski definition) is 3. The Balaban J connectivity index is 1.41. The minimum Gasteiger partial charge on any atom is -0.467 e. The van der Waals surface area contributed by atoms with Gasteiger partial charge in [-0.1, -0.05) is 12.1 Å². The van der Waals surface area contributed by atoms with Crippen LogP contribution in [0, 0.1) is 5.92 Å². The lowest BCUT2D eigenvalue weighted by molar-refractivity contribution is -0.117. The molecule has 3 aromatic rings. The van der Waals surface area contributed by atoms with Gasteiger partial charge >= 0.3 is 0 Å². The molecule has 1 aromatic carbocycles. The van der Waals surface area contributed by atoms with Gasteiger partial charge < -0.3 is 20.4 Å². The number of benzene rings is 1. The van der Waals surface area contributed by atoms with Gasteiger partial charge in [0.05, 0.1) is 33.9 Å². The fraction of sp³-hybridized carbons (Fsp3) is 0.190. The molecule has 0 saturated heterocycles. The molecule has 7 nitrogen and oxygen atoms in total. The number of thiophene rings is 1. The van der Waals surface area contributed by atoms with Crippen LogP contribution < -0.4 is 16.0 Å². The topological polar surface area (TPSA) is 100 Å². The SMILES string of the molecule is O=C(Nc1ccccc1C(=O)NCc1ccco1)c1ccc(NC(=O)C2CC2)s1. The van der Waals surface area contributed by atoms with Crippen LogP contribution >= 0.6 is 11.3 Å².